The number of nitrogens with one attached hydrogen (secondary N) is 2. The van der Waals surface area contributed by atoms with Gasteiger partial charge in [0.05, 0.1) is 17.7 Å². The van der Waals surface area contributed by atoms with Crippen molar-refractivity contribution in [2.75, 3.05) is 32.1 Å². The van der Waals surface area contributed by atoms with E-state index in [0.29, 0.717) is 24.5 Å². The normalized spacial score (nSPS) is 22.2. The monoisotopic (exact) mass is 260 g/mol. The molecule has 19 heavy (non-hydrogen) atoms. The van der Waals surface area contributed by atoms with Gasteiger partial charge in [0.1, 0.15) is 11.9 Å². The van der Waals surface area contributed by atoms with Crippen LogP contribution in [-0.2, 0) is 4.74 Å². The van der Waals surface area contributed by atoms with E-state index in [2.05, 4.69) is 21.7 Å². The number of ether oxygens (including phenoxy) is 1. The van der Waals surface area contributed by atoms with Crippen LogP contribution in [0.5, 0.6) is 0 Å². The van der Waals surface area contributed by atoms with E-state index in [4.69, 9.17) is 4.74 Å². The minimum absolute atomic E-state index is 0.0487. The Kier molecular flexibility index (Phi) is 4.35. The summed E-state index contributed by atoms with van der Waals surface area (Å²) in [5.41, 5.74) is 1.51. The predicted octanol–water partition coefficient (Wildman–Crippen LogP) is 1.44. The third-order valence-electron chi connectivity index (χ3n) is 3.62. The second-order valence-corrected chi connectivity index (χ2v) is 5.06. The van der Waals surface area contributed by atoms with Gasteiger partial charge in [0, 0.05) is 19.9 Å². The summed E-state index contributed by atoms with van der Waals surface area (Å²) in [5, 5.41) is 16.0. The fourth-order valence-electron chi connectivity index (χ4n) is 2.56. The van der Waals surface area contributed by atoms with Gasteiger partial charge in [-0.25, -0.2) is 4.98 Å². The summed E-state index contributed by atoms with van der Waals surface area (Å²) >= 11 is 0. The number of anilines is 1. The van der Waals surface area contributed by atoms with Crippen LogP contribution in [0.3, 0.4) is 0 Å². The minimum atomic E-state index is -0.0487. The number of rotatable bonds is 5. The second kappa shape index (κ2) is 6.00. The topological polar surface area (TPSA) is 70.0 Å². The van der Waals surface area contributed by atoms with E-state index in [1.54, 1.807) is 13.3 Å². The van der Waals surface area contributed by atoms with Crippen molar-refractivity contribution in [1.29, 1.82) is 5.26 Å². The molecule has 2 rings (SSSR count). The van der Waals surface area contributed by atoms with Crippen molar-refractivity contribution in [3.05, 3.63) is 23.4 Å². The SMILES string of the molecule is COCC1(CNc2nccc(C)c2C#N)CCCN1. The molecular formula is C14H20N4O. The van der Waals surface area contributed by atoms with Crippen LogP contribution in [0.25, 0.3) is 0 Å². The maximum absolute atomic E-state index is 9.19. The van der Waals surface area contributed by atoms with E-state index in [1.807, 2.05) is 13.0 Å². The molecule has 1 aliphatic heterocycles. The molecule has 2 heterocycles. The highest BCUT2D eigenvalue weighted by Crippen LogP contribution is 2.22. The van der Waals surface area contributed by atoms with Crippen LogP contribution in [0.2, 0.25) is 0 Å². The van der Waals surface area contributed by atoms with Crippen molar-refractivity contribution in [3.63, 3.8) is 0 Å². The number of hydrogen-bond donors (Lipinski definition) is 2. The predicted molar refractivity (Wildman–Crippen MR) is 74.0 cm³/mol. The molecule has 102 valence electrons. The number of nitrogens with zero attached hydrogens (tertiary/aromatic N) is 2. The molecule has 1 saturated heterocycles. The molecule has 1 aliphatic rings. The van der Waals surface area contributed by atoms with Crippen LogP contribution in [0.1, 0.15) is 24.0 Å². The molecule has 1 aromatic heterocycles. The van der Waals surface area contributed by atoms with Crippen molar-refractivity contribution in [2.24, 2.45) is 0 Å². The number of aryl methyl sites for hydroxylation is 1. The lowest BCUT2D eigenvalue weighted by Gasteiger charge is -2.29. The van der Waals surface area contributed by atoms with Crippen LogP contribution >= 0.6 is 0 Å². The highest BCUT2D eigenvalue weighted by Gasteiger charge is 2.33. The Balaban J connectivity index is 2.10. The lowest BCUT2D eigenvalue weighted by atomic mass is 9.98. The molecule has 0 bridgehead atoms. The molecule has 1 atom stereocenters. The Hall–Kier alpha value is -1.64. The van der Waals surface area contributed by atoms with Gasteiger partial charge >= 0.3 is 0 Å². The van der Waals surface area contributed by atoms with Crippen LogP contribution < -0.4 is 10.6 Å². The third kappa shape index (κ3) is 3.03. The fourth-order valence-corrected chi connectivity index (χ4v) is 2.56. The largest absolute Gasteiger partial charge is 0.383 e. The Morgan fingerprint density at radius 3 is 3.11 bits per heavy atom. The molecule has 0 amide bonds. The van der Waals surface area contributed by atoms with Gasteiger partial charge in [0.2, 0.25) is 0 Å². The molecule has 0 aromatic carbocycles. The number of methoxy groups -OCH3 is 1. The second-order valence-electron chi connectivity index (χ2n) is 5.06. The summed E-state index contributed by atoms with van der Waals surface area (Å²) in [7, 11) is 1.72. The Bertz CT molecular complexity index is 475. The van der Waals surface area contributed by atoms with Gasteiger partial charge < -0.3 is 15.4 Å². The van der Waals surface area contributed by atoms with Gasteiger partial charge in [-0.1, -0.05) is 0 Å². The maximum Gasteiger partial charge on any atom is 0.144 e. The average Bonchev–Trinajstić information content (AvgIpc) is 2.86. The van der Waals surface area contributed by atoms with E-state index in [9.17, 15) is 5.26 Å². The van der Waals surface area contributed by atoms with Crippen LogP contribution in [-0.4, -0.2) is 37.3 Å². The zero-order chi connectivity index (χ0) is 13.7. The first-order chi connectivity index (χ1) is 9.21. The Morgan fingerprint density at radius 1 is 1.63 bits per heavy atom. The number of nitriles is 1. The van der Waals surface area contributed by atoms with E-state index >= 15 is 0 Å². The van der Waals surface area contributed by atoms with Crippen molar-refractivity contribution in [2.45, 2.75) is 25.3 Å². The van der Waals surface area contributed by atoms with Gasteiger partial charge in [-0.3, -0.25) is 0 Å². The van der Waals surface area contributed by atoms with Gasteiger partial charge in [-0.05, 0) is 37.9 Å². The van der Waals surface area contributed by atoms with Gasteiger partial charge in [-0.15, -0.1) is 0 Å². The van der Waals surface area contributed by atoms with Crippen molar-refractivity contribution >= 4 is 5.82 Å². The fraction of sp³-hybridized carbons (Fsp3) is 0.571. The molecule has 0 radical (unpaired) electrons. The van der Waals surface area contributed by atoms with Crippen LogP contribution in [0.15, 0.2) is 12.3 Å². The summed E-state index contributed by atoms with van der Waals surface area (Å²) in [4.78, 5) is 4.26. The van der Waals surface area contributed by atoms with E-state index in [0.717, 1.165) is 24.9 Å². The highest BCUT2D eigenvalue weighted by atomic mass is 16.5. The van der Waals surface area contributed by atoms with E-state index < -0.39 is 0 Å². The molecule has 1 aromatic rings. The van der Waals surface area contributed by atoms with Crippen molar-refractivity contribution < 1.29 is 4.74 Å². The first-order valence-electron chi connectivity index (χ1n) is 6.54. The Labute approximate surface area is 114 Å². The molecule has 1 unspecified atom stereocenters. The van der Waals surface area contributed by atoms with Crippen LogP contribution in [0, 0.1) is 18.3 Å². The first-order valence-corrected chi connectivity index (χ1v) is 6.54. The number of aromatic nitrogens is 1. The summed E-state index contributed by atoms with van der Waals surface area (Å²) in [6.45, 7) is 4.31. The smallest absolute Gasteiger partial charge is 0.144 e. The van der Waals surface area contributed by atoms with E-state index in [1.165, 1.54) is 0 Å². The summed E-state index contributed by atoms with van der Waals surface area (Å²) in [6, 6.07) is 4.06. The van der Waals surface area contributed by atoms with Gasteiger partial charge in [0.25, 0.3) is 0 Å². The van der Waals surface area contributed by atoms with E-state index in [-0.39, 0.29) is 5.54 Å². The molecule has 2 N–H and O–H groups in total. The van der Waals surface area contributed by atoms with Crippen LogP contribution in [0.4, 0.5) is 5.82 Å². The summed E-state index contributed by atoms with van der Waals surface area (Å²) in [6.07, 6.45) is 3.95. The van der Waals surface area contributed by atoms with Gasteiger partial charge in [-0.2, -0.15) is 5.26 Å². The molecule has 0 spiro atoms. The first kappa shape index (κ1) is 13.8. The molecule has 1 fully saturated rings. The van der Waals surface area contributed by atoms with Crippen molar-refractivity contribution in [3.8, 4) is 6.07 Å². The molecule has 0 saturated carbocycles. The quantitative estimate of drug-likeness (QED) is 0.838. The number of hydrogen-bond acceptors (Lipinski definition) is 5. The third-order valence-corrected chi connectivity index (χ3v) is 3.62. The lowest BCUT2D eigenvalue weighted by molar-refractivity contribution is 0.127. The Morgan fingerprint density at radius 2 is 2.47 bits per heavy atom. The molecule has 5 heteroatoms. The standard InChI is InChI=1S/C14H20N4O/c1-11-4-7-16-13(12(11)8-15)17-9-14(10-19-2)5-3-6-18-14/h4,7,18H,3,5-6,9-10H2,1-2H3,(H,16,17). The highest BCUT2D eigenvalue weighted by molar-refractivity contribution is 5.55. The lowest BCUT2D eigenvalue weighted by Crippen LogP contribution is -2.49. The van der Waals surface area contributed by atoms with Gasteiger partial charge in [0.15, 0.2) is 0 Å². The average molecular weight is 260 g/mol. The molecule has 0 aliphatic carbocycles. The maximum atomic E-state index is 9.19. The molecular weight excluding hydrogens is 240 g/mol. The molecule has 5 nitrogen and oxygen atoms in total. The number of pyridine rings is 1. The van der Waals surface area contributed by atoms with Crippen molar-refractivity contribution in [1.82, 2.24) is 10.3 Å². The summed E-state index contributed by atoms with van der Waals surface area (Å²) in [5.74, 6) is 0.659. The minimum Gasteiger partial charge on any atom is -0.383 e. The summed E-state index contributed by atoms with van der Waals surface area (Å²) < 4.78 is 5.31. The zero-order valence-corrected chi connectivity index (χ0v) is 11.5. The zero-order valence-electron chi connectivity index (χ0n) is 11.5.